The van der Waals surface area contributed by atoms with E-state index < -0.39 is 5.82 Å². The van der Waals surface area contributed by atoms with Gasteiger partial charge in [-0.3, -0.25) is 4.90 Å². The highest BCUT2D eigenvalue weighted by atomic mass is 32.1. The molecule has 3 aromatic rings. The molecule has 1 aliphatic rings. The number of phenolic OH excluding ortho intramolecular Hbond substituents is 1. The minimum Gasteiger partial charge on any atom is -0.508 e. The third-order valence-electron chi connectivity index (χ3n) is 5.39. The Morgan fingerprint density at radius 3 is 2.54 bits per heavy atom. The smallest absolute Gasteiger partial charge is 0.153 e. The summed E-state index contributed by atoms with van der Waals surface area (Å²) in [5, 5.41) is 10.6. The maximum atomic E-state index is 14.1. The Bertz CT molecular complexity index is 899. The number of fused-ring (bicyclic) bond motifs is 1. The zero-order chi connectivity index (χ0) is 18.3. The van der Waals surface area contributed by atoms with Gasteiger partial charge in [-0.05, 0) is 38.3 Å². The summed E-state index contributed by atoms with van der Waals surface area (Å²) in [5.41, 5.74) is 1.72. The van der Waals surface area contributed by atoms with Crippen molar-refractivity contribution in [3.05, 3.63) is 58.9 Å². The predicted molar refractivity (Wildman–Crippen MR) is 104 cm³/mol. The summed E-state index contributed by atoms with van der Waals surface area (Å²) in [6.07, 6.45) is 2.04. The van der Waals surface area contributed by atoms with Gasteiger partial charge < -0.3 is 5.11 Å². The van der Waals surface area contributed by atoms with Crippen LogP contribution in [0, 0.1) is 5.82 Å². The molecular weight excluding hydrogens is 347 g/mol. The van der Waals surface area contributed by atoms with Crippen LogP contribution >= 0.6 is 11.3 Å². The summed E-state index contributed by atoms with van der Waals surface area (Å²) in [5.74, 6) is -0.138. The lowest BCUT2D eigenvalue weighted by Crippen LogP contribution is -2.45. The van der Waals surface area contributed by atoms with Crippen LogP contribution in [0.1, 0.15) is 43.2 Å². The minimum absolute atomic E-state index is 0.0374. The van der Waals surface area contributed by atoms with Crippen LogP contribution in [0.25, 0.3) is 10.2 Å². The van der Waals surface area contributed by atoms with Gasteiger partial charge in [0.1, 0.15) is 11.3 Å². The van der Waals surface area contributed by atoms with E-state index in [1.165, 1.54) is 16.9 Å². The average Bonchev–Trinajstić information content (AvgIpc) is 3.03. The standard InChI is InChI=1S/C21H23FN2OS/c1-13-8-16(9-14(2)24(13)12-15-6-4-3-5-7-15)21-23-20-18(22)10-17(25)11-19(20)26-21/h3-7,10-11,13-14,16,25H,8-9,12H2,1-2H3/t13-,14+,16+. The maximum absolute atomic E-state index is 14.1. The number of halogens is 1. The van der Waals surface area contributed by atoms with Crippen molar-refractivity contribution in [2.75, 3.05) is 0 Å². The van der Waals surface area contributed by atoms with Gasteiger partial charge in [0.2, 0.25) is 0 Å². The van der Waals surface area contributed by atoms with E-state index in [0.29, 0.717) is 23.5 Å². The van der Waals surface area contributed by atoms with Gasteiger partial charge in [-0.2, -0.15) is 0 Å². The first kappa shape index (κ1) is 17.4. The Labute approximate surface area is 157 Å². The number of phenols is 1. The van der Waals surface area contributed by atoms with Crippen LogP contribution in [-0.4, -0.2) is 27.1 Å². The molecule has 0 radical (unpaired) electrons. The van der Waals surface area contributed by atoms with E-state index in [1.807, 2.05) is 6.07 Å². The molecule has 0 spiro atoms. The molecule has 1 N–H and O–H groups in total. The Morgan fingerprint density at radius 2 is 1.85 bits per heavy atom. The molecule has 136 valence electrons. The lowest BCUT2D eigenvalue weighted by Gasteiger charge is -2.42. The Kier molecular flexibility index (Phi) is 4.67. The zero-order valence-electron chi connectivity index (χ0n) is 15.0. The van der Waals surface area contributed by atoms with Crippen LogP contribution in [0.3, 0.4) is 0 Å². The largest absolute Gasteiger partial charge is 0.508 e. The average molecular weight is 370 g/mol. The van der Waals surface area contributed by atoms with Crippen molar-refractivity contribution in [1.82, 2.24) is 9.88 Å². The van der Waals surface area contributed by atoms with Gasteiger partial charge in [0, 0.05) is 30.6 Å². The number of piperidine rings is 1. The van der Waals surface area contributed by atoms with E-state index >= 15 is 0 Å². The van der Waals surface area contributed by atoms with E-state index in [4.69, 9.17) is 0 Å². The molecule has 0 amide bonds. The van der Waals surface area contributed by atoms with Gasteiger partial charge in [0.15, 0.2) is 5.82 Å². The number of benzene rings is 2. The molecule has 26 heavy (non-hydrogen) atoms. The van der Waals surface area contributed by atoms with Crippen LogP contribution in [0.15, 0.2) is 42.5 Å². The third kappa shape index (κ3) is 3.33. The van der Waals surface area contributed by atoms with Crippen molar-refractivity contribution in [3.8, 4) is 5.75 Å². The first-order valence-electron chi connectivity index (χ1n) is 9.10. The summed E-state index contributed by atoms with van der Waals surface area (Å²) in [4.78, 5) is 7.12. The lowest BCUT2D eigenvalue weighted by molar-refractivity contribution is 0.0829. The van der Waals surface area contributed by atoms with Crippen molar-refractivity contribution in [3.63, 3.8) is 0 Å². The molecule has 0 unspecified atom stereocenters. The van der Waals surface area contributed by atoms with Crippen LogP contribution in [0.4, 0.5) is 4.39 Å². The first-order valence-corrected chi connectivity index (χ1v) is 9.91. The minimum atomic E-state index is -0.440. The molecule has 0 saturated carbocycles. The van der Waals surface area contributed by atoms with Crippen LogP contribution in [-0.2, 0) is 6.54 Å². The normalized spacial score (nSPS) is 24.2. The van der Waals surface area contributed by atoms with Gasteiger partial charge in [0.25, 0.3) is 0 Å². The van der Waals surface area contributed by atoms with Gasteiger partial charge in [-0.25, -0.2) is 9.37 Å². The Morgan fingerprint density at radius 1 is 1.15 bits per heavy atom. The fraction of sp³-hybridized carbons (Fsp3) is 0.381. The topological polar surface area (TPSA) is 36.4 Å². The van der Waals surface area contributed by atoms with E-state index in [9.17, 15) is 9.50 Å². The SMILES string of the molecule is C[C@@H]1C[C@H](c2nc3c(F)cc(O)cc3s2)C[C@H](C)N1Cc1ccccc1. The zero-order valence-corrected chi connectivity index (χ0v) is 15.8. The summed E-state index contributed by atoms with van der Waals surface area (Å²) in [6, 6.07) is 14.2. The van der Waals surface area contributed by atoms with Gasteiger partial charge >= 0.3 is 0 Å². The first-order chi connectivity index (χ1) is 12.5. The number of thiazole rings is 1. The second-order valence-corrected chi connectivity index (χ2v) is 8.41. The molecule has 2 heterocycles. The molecule has 4 rings (SSSR count). The number of likely N-dealkylation sites (tertiary alicyclic amines) is 1. The van der Waals surface area contributed by atoms with Crippen molar-refractivity contribution >= 4 is 21.6 Å². The molecule has 1 fully saturated rings. The van der Waals surface area contributed by atoms with Crippen molar-refractivity contribution < 1.29 is 9.50 Å². The maximum Gasteiger partial charge on any atom is 0.153 e. The molecule has 2 aromatic carbocycles. The molecule has 1 saturated heterocycles. The third-order valence-corrected chi connectivity index (χ3v) is 6.56. The molecular formula is C21H23FN2OS. The highest BCUT2D eigenvalue weighted by Gasteiger charge is 2.33. The monoisotopic (exact) mass is 370 g/mol. The molecule has 0 bridgehead atoms. The van der Waals surface area contributed by atoms with Gasteiger partial charge in [0.05, 0.1) is 9.71 Å². The van der Waals surface area contributed by atoms with Crippen molar-refractivity contribution in [2.45, 2.75) is 51.2 Å². The number of aromatic hydroxyl groups is 1. The number of aromatic nitrogens is 1. The van der Waals surface area contributed by atoms with E-state index in [1.54, 1.807) is 6.07 Å². The molecule has 3 nitrogen and oxygen atoms in total. The fourth-order valence-corrected chi connectivity index (χ4v) is 5.24. The second-order valence-electron chi connectivity index (χ2n) is 7.35. The Hall–Kier alpha value is -1.98. The van der Waals surface area contributed by atoms with Crippen molar-refractivity contribution in [2.24, 2.45) is 0 Å². The van der Waals surface area contributed by atoms with Gasteiger partial charge in [-0.1, -0.05) is 30.3 Å². The summed E-state index contributed by atoms with van der Waals surface area (Å²) < 4.78 is 14.8. The Balaban J connectivity index is 1.55. The number of hydrogen-bond donors (Lipinski definition) is 1. The van der Waals surface area contributed by atoms with Crippen LogP contribution in [0.5, 0.6) is 5.75 Å². The van der Waals surface area contributed by atoms with Crippen molar-refractivity contribution in [1.29, 1.82) is 0 Å². The molecule has 5 heteroatoms. The lowest BCUT2D eigenvalue weighted by atomic mass is 9.87. The molecule has 1 aliphatic heterocycles. The van der Waals surface area contributed by atoms with Crippen LogP contribution in [0.2, 0.25) is 0 Å². The highest BCUT2D eigenvalue weighted by molar-refractivity contribution is 7.18. The number of rotatable bonds is 3. The van der Waals surface area contributed by atoms with E-state index in [0.717, 1.165) is 35.2 Å². The van der Waals surface area contributed by atoms with Crippen LogP contribution < -0.4 is 0 Å². The number of nitrogens with zero attached hydrogens (tertiary/aromatic N) is 2. The molecule has 0 aliphatic carbocycles. The van der Waals surface area contributed by atoms with Gasteiger partial charge in [-0.15, -0.1) is 11.3 Å². The van der Waals surface area contributed by atoms with E-state index in [2.05, 4.69) is 48.0 Å². The highest BCUT2D eigenvalue weighted by Crippen LogP contribution is 2.40. The van der Waals surface area contributed by atoms with E-state index in [-0.39, 0.29) is 5.75 Å². The quantitative estimate of drug-likeness (QED) is 0.680. The second kappa shape index (κ2) is 6.97. The molecule has 3 atom stereocenters. The summed E-state index contributed by atoms with van der Waals surface area (Å²) in [6.45, 7) is 5.49. The molecule has 1 aromatic heterocycles. The summed E-state index contributed by atoms with van der Waals surface area (Å²) in [7, 11) is 0. The number of hydrogen-bond acceptors (Lipinski definition) is 4. The fourth-order valence-electron chi connectivity index (χ4n) is 4.10. The summed E-state index contributed by atoms with van der Waals surface area (Å²) >= 11 is 1.51. The predicted octanol–water partition coefficient (Wildman–Crippen LogP) is 5.30.